The first kappa shape index (κ1) is 13.4. The number of nitrogens with one attached hydrogen (secondary N) is 1. The van der Waals surface area contributed by atoms with Gasteiger partial charge in [0.1, 0.15) is 0 Å². The van der Waals surface area contributed by atoms with E-state index >= 15 is 0 Å². The van der Waals surface area contributed by atoms with E-state index in [0.29, 0.717) is 5.41 Å². The van der Waals surface area contributed by atoms with Gasteiger partial charge in [0.2, 0.25) is 0 Å². The molecule has 0 radical (unpaired) electrons. The lowest BCUT2D eigenvalue weighted by atomic mass is 9.82. The molecule has 2 fully saturated rings. The first-order valence-electron chi connectivity index (χ1n) is 7.63. The fourth-order valence-electron chi connectivity index (χ4n) is 4.02. The molecule has 1 saturated heterocycles. The second-order valence-corrected chi connectivity index (χ2v) is 6.52. The number of nitrogens with zero attached hydrogens (tertiary/aromatic N) is 1. The molecule has 1 aliphatic heterocycles. The van der Waals surface area contributed by atoms with Crippen LogP contribution in [0.5, 0.6) is 0 Å². The molecule has 1 atom stereocenters. The Bertz CT molecular complexity index is 215. The van der Waals surface area contributed by atoms with Crippen molar-refractivity contribution in [2.45, 2.75) is 51.9 Å². The molecule has 2 aliphatic rings. The summed E-state index contributed by atoms with van der Waals surface area (Å²) in [5.41, 5.74) is 0.585. The second kappa shape index (κ2) is 6.19. The van der Waals surface area contributed by atoms with Gasteiger partial charge >= 0.3 is 0 Å². The van der Waals surface area contributed by atoms with Crippen molar-refractivity contribution in [3.63, 3.8) is 0 Å². The first-order chi connectivity index (χ1) is 8.24. The molecule has 2 heteroatoms. The lowest BCUT2D eigenvalue weighted by Crippen LogP contribution is -2.39. The zero-order chi connectivity index (χ0) is 12.1. The molecule has 1 N–H and O–H groups in total. The maximum atomic E-state index is 3.57. The van der Waals surface area contributed by atoms with Crippen LogP contribution in [0.1, 0.15) is 51.9 Å². The summed E-state index contributed by atoms with van der Waals surface area (Å²) >= 11 is 0. The molecule has 0 aromatic rings. The van der Waals surface area contributed by atoms with Crippen LogP contribution in [0.2, 0.25) is 0 Å². The molecule has 0 spiro atoms. The van der Waals surface area contributed by atoms with Crippen molar-refractivity contribution < 1.29 is 0 Å². The van der Waals surface area contributed by atoms with E-state index in [4.69, 9.17) is 0 Å². The molecule has 17 heavy (non-hydrogen) atoms. The van der Waals surface area contributed by atoms with Crippen LogP contribution in [0.15, 0.2) is 0 Å². The third kappa shape index (κ3) is 3.69. The fraction of sp³-hybridized carbons (Fsp3) is 1.00. The van der Waals surface area contributed by atoms with Crippen LogP contribution < -0.4 is 5.32 Å². The number of rotatable bonds is 6. The van der Waals surface area contributed by atoms with Gasteiger partial charge in [0.15, 0.2) is 0 Å². The maximum Gasteiger partial charge on any atom is 0.00477 e. The largest absolute Gasteiger partial charge is 0.316 e. The van der Waals surface area contributed by atoms with Crippen LogP contribution in [0.25, 0.3) is 0 Å². The molecule has 100 valence electrons. The van der Waals surface area contributed by atoms with Crippen molar-refractivity contribution in [2.24, 2.45) is 11.3 Å². The monoisotopic (exact) mass is 238 g/mol. The standard InChI is InChI=1S/C15H30N2/c1-3-8-15(9-10-16-12-15)13-17(2)11-14-6-4-5-7-14/h14,16H,3-13H2,1-2H3. The van der Waals surface area contributed by atoms with Crippen molar-refractivity contribution in [1.82, 2.24) is 10.2 Å². The van der Waals surface area contributed by atoms with Gasteiger partial charge in [-0.25, -0.2) is 0 Å². The summed E-state index contributed by atoms with van der Waals surface area (Å²) in [5.74, 6) is 0.994. The normalized spacial score (nSPS) is 30.5. The van der Waals surface area contributed by atoms with E-state index < -0.39 is 0 Å². The van der Waals surface area contributed by atoms with Gasteiger partial charge in [-0.15, -0.1) is 0 Å². The van der Waals surface area contributed by atoms with E-state index in [1.807, 2.05) is 0 Å². The molecule has 0 amide bonds. The summed E-state index contributed by atoms with van der Waals surface area (Å²) in [6.45, 7) is 7.46. The first-order valence-corrected chi connectivity index (χ1v) is 7.63. The summed E-state index contributed by atoms with van der Waals surface area (Å²) in [6, 6.07) is 0. The minimum atomic E-state index is 0.585. The smallest absolute Gasteiger partial charge is 0.00477 e. The molecule has 0 bridgehead atoms. The van der Waals surface area contributed by atoms with Gasteiger partial charge in [-0.3, -0.25) is 0 Å². The average Bonchev–Trinajstić information content (AvgIpc) is 2.90. The summed E-state index contributed by atoms with van der Waals surface area (Å²) in [5, 5.41) is 3.57. The van der Waals surface area contributed by atoms with Gasteiger partial charge in [0.05, 0.1) is 0 Å². The van der Waals surface area contributed by atoms with E-state index in [-0.39, 0.29) is 0 Å². The summed E-state index contributed by atoms with van der Waals surface area (Å²) in [6.07, 6.45) is 10.0. The predicted octanol–water partition coefficient (Wildman–Crippen LogP) is 2.89. The Morgan fingerprint density at radius 2 is 2.06 bits per heavy atom. The molecule has 1 heterocycles. The molecule has 2 rings (SSSR count). The predicted molar refractivity (Wildman–Crippen MR) is 74.3 cm³/mol. The molecule has 1 aliphatic carbocycles. The van der Waals surface area contributed by atoms with E-state index in [9.17, 15) is 0 Å². The van der Waals surface area contributed by atoms with Crippen LogP contribution in [-0.2, 0) is 0 Å². The SMILES string of the molecule is CCCC1(CN(C)CC2CCCC2)CCNC1. The Balaban J connectivity index is 1.80. The van der Waals surface area contributed by atoms with E-state index in [2.05, 4.69) is 24.2 Å². The molecular formula is C15H30N2. The molecule has 0 aromatic heterocycles. The Kier molecular flexibility index (Phi) is 4.87. The van der Waals surface area contributed by atoms with Gasteiger partial charge in [-0.05, 0) is 50.6 Å². The Morgan fingerprint density at radius 3 is 2.65 bits per heavy atom. The zero-order valence-corrected chi connectivity index (χ0v) is 11.8. The summed E-state index contributed by atoms with van der Waals surface area (Å²) in [4.78, 5) is 2.62. The maximum absolute atomic E-state index is 3.57. The Morgan fingerprint density at radius 1 is 1.29 bits per heavy atom. The third-order valence-corrected chi connectivity index (χ3v) is 4.76. The van der Waals surface area contributed by atoms with Gasteiger partial charge in [-0.1, -0.05) is 26.2 Å². The van der Waals surface area contributed by atoms with Crippen molar-refractivity contribution >= 4 is 0 Å². The molecule has 2 nitrogen and oxygen atoms in total. The van der Waals surface area contributed by atoms with Crippen molar-refractivity contribution in [3.8, 4) is 0 Å². The topological polar surface area (TPSA) is 15.3 Å². The molecule has 1 saturated carbocycles. The number of hydrogen-bond donors (Lipinski definition) is 1. The Labute approximate surface area is 107 Å². The van der Waals surface area contributed by atoms with E-state index in [0.717, 1.165) is 5.92 Å². The van der Waals surface area contributed by atoms with Crippen LogP contribution in [0, 0.1) is 11.3 Å². The van der Waals surface area contributed by atoms with Crippen LogP contribution in [0.4, 0.5) is 0 Å². The van der Waals surface area contributed by atoms with E-state index in [1.165, 1.54) is 71.1 Å². The quantitative estimate of drug-likeness (QED) is 0.765. The lowest BCUT2D eigenvalue weighted by Gasteiger charge is -2.34. The van der Waals surface area contributed by atoms with Gasteiger partial charge in [0, 0.05) is 19.6 Å². The minimum Gasteiger partial charge on any atom is -0.316 e. The molecule has 0 aromatic carbocycles. The highest BCUT2D eigenvalue weighted by atomic mass is 15.1. The van der Waals surface area contributed by atoms with E-state index in [1.54, 1.807) is 0 Å². The number of hydrogen-bond acceptors (Lipinski definition) is 2. The summed E-state index contributed by atoms with van der Waals surface area (Å²) < 4.78 is 0. The van der Waals surface area contributed by atoms with Crippen LogP contribution in [-0.4, -0.2) is 38.1 Å². The van der Waals surface area contributed by atoms with Crippen molar-refractivity contribution in [1.29, 1.82) is 0 Å². The second-order valence-electron chi connectivity index (χ2n) is 6.52. The van der Waals surface area contributed by atoms with Crippen LogP contribution in [0.3, 0.4) is 0 Å². The van der Waals surface area contributed by atoms with Crippen LogP contribution >= 0.6 is 0 Å². The molecular weight excluding hydrogens is 208 g/mol. The lowest BCUT2D eigenvalue weighted by molar-refractivity contribution is 0.160. The van der Waals surface area contributed by atoms with Gasteiger partial charge < -0.3 is 10.2 Å². The highest BCUT2D eigenvalue weighted by Crippen LogP contribution is 2.33. The average molecular weight is 238 g/mol. The van der Waals surface area contributed by atoms with Gasteiger partial charge in [-0.2, -0.15) is 0 Å². The van der Waals surface area contributed by atoms with Gasteiger partial charge in [0.25, 0.3) is 0 Å². The zero-order valence-electron chi connectivity index (χ0n) is 11.8. The van der Waals surface area contributed by atoms with Crippen molar-refractivity contribution in [2.75, 3.05) is 33.2 Å². The third-order valence-electron chi connectivity index (χ3n) is 4.76. The molecule has 1 unspecified atom stereocenters. The highest BCUT2D eigenvalue weighted by Gasteiger charge is 2.34. The Hall–Kier alpha value is -0.0800. The van der Waals surface area contributed by atoms with Crippen molar-refractivity contribution in [3.05, 3.63) is 0 Å². The highest BCUT2D eigenvalue weighted by molar-refractivity contribution is 4.90. The fourth-order valence-corrected chi connectivity index (χ4v) is 4.02. The summed E-state index contributed by atoms with van der Waals surface area (Å²) in [7, 11) is 2.34. The minimum absolute atomic E-state index is 0.585.